The van der Waals surface area contributed by atoms with Gasteiger partial charge in [-0.1, -0.05) is 133 Å². The number of hydrogen-bond acceptors (Lipinski definition) is 2. The van der Waals surface area contributed by atoms with Gasteiger partial charge in [0.1, 0.15) is 0 Å². The number of hydrogen-bond donors (Lipinski definition) is 2. The van der Waals surface area contributed by atoms with Crippen LogP contribution in [-0.4, -0.2) is 10.2 Å². The van der Waals surface area contributed by atoms with Crippen molar-refractivity contribution in [1.29, 1.82) is 0 Å². The van der Waals surface area contributed by atoms with E-state index in [9.17, 15) is 10.2 Å². The molecule has 0 amide bonds. The van der Waals surface area contributed by atoms with E-state index in [1.54, 1.807) is 0 Å². The molecule has 0 aliphatic heterocycles. The molecule has 0 aliphatic rings. The van der Waals surface area contributed by atoms with Gasteiger partial charge in [-0.05, 0) is 22.3 Å². The molecule has 0 aliphatic carbocycles. The van der Waals surface area contributed by atoms with Crippen molar-refractivity contribution >= 4 is 0 Å². The largest absolute Gasteiger partial charge is 0.373 e. The monoisotopic (exact) mass is 444 g/mol. The summed E-state index contributed by atoms with van der Waals surface area (Å²) in [4.78, 5) is 0. The highest BCUT2D eigenvalue weighted by Gasteiger charge is 2.27. The first kappa shape index (κ1) is 24.6. The Balaban J connectivity index is 0.000000191. The molecule has 0 unspecified atom stereocenters. The van der Waals surface area contributed by atoms with Crippen LogP contribution in [0.25, 0.3) is 0 Å². The van der Waals surface area contributed by atoms with Crippen LogP contribution >= 0.6 is 0 Å². The van der Waals surface area contributed by atoms with Gasteiger partial charge < -0.3 is 10.2 Å². The van der Waals surface area contributed by atoms with E-state index in [4.69, 9.17) is 12.8 Å². The Morgan fingerprint density at radius 1 is 0.471 bits per heavy atom. The van der Waals surface area contributed by atoms with Crippen molar-refractivity contribution in [2.45, 2.75) is 24.0 Å². The minimum Gasteiger partial charge on any atom is -0.373 e. The molecule has 34 heavy (non-hydrogen) atoms. The summed E-state index contributed by atoms with van der Waals surface area (Å²) in [7, 11) is 0. The van der Waals surface area contributed by atoms with Crippen LogP contribution in [0.2, 0.25) is 0 Å². The van der Waals surface area contributed by atoms with Crippen LogP contribution in [0.15, 0.2) is 121 Å². The van der Waals surface area contributed by atoms with Crippen LogP contribution < -0.4 is 0 Å². The zero-order chi connectivity index (χ0) is 24.3. The molecule has 0 spiro atoms. The average Bonchev–Trinajstić information content (AvgIpc) is 2.91. The summed E-state index contributed by atoms with van der Waals surface area (Å²) in [5.74, 6) is 5.00. The highest BCUT2D eigenvalue weighted by Crippen LogP contribution is 2.25. The maximum atomic E-state index is 10.5. The predicted octanol–water partition coefficient (Wildman–Crippen LogP) is 5.50. The molecule has 4 aromatic rings. The second-order valence-corrected chi connectivity index (χ2v) is 8.07. The van der Waals surface area contributed by atoms with E-state index in [-0.39, 0.29) is 0 Å². The van der Waals surface area contributed by atoms with Crippen LogP contribution in [0.1, 0.15) is 22.3 Å². The van der Waals surface area contributed by atoms with Crippen molar-refractivity contribution < 1.29 is 10.2 Å². The van der Waals surface area contributed by atoms with E-state index in [0.29, 0.717) is 12.8 Å². The average molecular weight is 445 g/mol. The molecule has 0 saturated carbocycles. The molecule has 4 rings (SSSR count). The van der Waals surface area contributed by atoms with Gasteiger partial charge in [-0.3, -0.25) is 0 Å². The zero-order valence-corrected chi connectivity index (χ0v) is 19.0. The first-order chi connectivity index (χ1) is 16.5. The Kier molecular flexibility index (Phi) is 8.44. The lowest BCUT2D eigenvalue weighted by Crippen LogP contribution is -2.26. The maximum Gasteiger partial charge on any atom is 0.154 e. The maximum absolute atomic E-state index is 10.5. The van der Waals surface area contributed by atoms with Gasteiger partial charge in [0.25, 0.3) is 0 Å². The molecule has 0 fully saturated rings. The van der Waals surface area contributed by atoms with Crippen molar-refractivity contribution in [3.05, 3.63) is 144 Å². The molecule has 4 aromatic carbocycles. The number of benzene rings is 4. The summed E-state index contributed by atoms with van der Waals surface area (Å²) in [5, 5.41) is 21.0. The molecular weight excluding hydrogens is 416 g/mol. The van der Waals surface area contributed by atoms with E-state index < -0.39 is 11.2 Å². The van der Waals surface area contributed by atoms with E-state index >= 15 is 0 Å². The highest BCUT2D eigenvalue weighted by atomic mass is 16.3. The normalized spacial score (nSPS) is 13.6. The topological polar surface area (TPSA) is 40.5 Å². The highest BCUT2D eigenvalue weighted by molar-refractivity contribution is 5.35. The second-order valence-electron chi connectivity index (χ2n) is 8.07. The van der Waals surface area contributed by atoms with E-state index in [2.05, 4.69) is 11.8 Å². The smallest absolute Gasteiger partial charge is 0.154 e. The van der Waals surface area contributed by atoms with Gasteiger partial charge in [0.15, 0.2) is 11.2 Å². The van der Waals surface area contributed by atoms with Crippen molar-refractivity contribution in [2.75, 3.05) is 0 Å². The minimum absolute atomic E-state index is 0.425. The van der Waals surface area contributed by atoms with Crippen LogP contribution in [0, 0.1) is 24.7 Å². The van der Waals surface area contributed by atoms with Gasteiger partial charge in [-0.15, -0.1) is 12.8 Å². The SMILES string of the molecule is C#C[C@@](O)(Cc1ccccc1)c1ccccc1.C#C[C@](O)(Cc1ccccc1)c1ccccc1. The lowest BCUT2D eigenvalue weighted by molar-refractivity contribution is 0.100. The molecule has 0 aromatic heterocycles. The number of terminal acetylenes is 2. The van der Waals surface area contributed by atoms with Gasteiger partial charge >= 0.3 is 0 Å². The Bertz CT molecular complexity index is 1120. The van der Waals surface area contributed by atoms with Crippen molar-refractivity contribution in [2.24, 2.45) is 0 Å². The van der Waals surface area contributed by atoms with Crippen molar-refractivity contribution in [3.63, 3.8) is 0 Å². The van der Waals surface area contributed by atoms with Gasteiger partial charge in [0, 0.05) is 12.8 Å². The lowest BCUT2D eigenvalue weighted by Gasteiger charge is -2.22. The quantitative estimate of drug-likeness (QED) is 0.386. The Hall–Kier alpha value is -4.08. The molecule has 2 N–H and O–H groups in total. The van der Waals surface area contributed by atoms with E-state index in [1.165, 1.54) is 0 Å². The van der Waals surface area contributed by atoms with E-state index in [0.717, 1.165) is 22.3 Å². The Morgan fingerprint density at radius 2 is 0.735 bits per heavy atom. The molecule has 0 heterocycles. The van der Waals surface area contributed by atoms with Crippen LogP contribution in [0.5, 0.6) is 0 Å². The fraction of sp³-hybridized carbons (Fsp3) is 0.125. The minimum atomic E-state index is -1.23. The van der Waals surface area contributed by atoms with E-state index in [1.807, 2.05) is 121 Å². The molecule has 2 heteroatoms. The third-order valence-corrected chi connectivity index (χ3v) is 5.59. The van der Waals surface area contributed by atoms with Crippen LogP contribution in [-0.2, 0) is 24.0 Å². The fourth-order valence-electron chi connectivity index (χ4n) is 3.68. The molecule has 0 radical (unpaired) electrons. The molecule has 0 saturated heterocycles. The molecular formula is C32H28O2. The third-order valence-electron chi connectivity index (χ3n) is 5.59. The summed E-state index contributed by atoms with van der Waals surface area (Å²) in [6.45, 7) is 0. The molecule has 0 bridgehead atoms. The summed E-state index contributed by atoms with van der Waals surface area (Å²) in [6, 6.07) is 38.2. The summed E-state index contributed by atoms with van der Waals surface area (Å²) >= 11 is 0. The fourth-order valence-corrected chi connectivity index (χ4v) is 3.68. The third kappa shape index (κ3) is 6.47. The predicted molar refractivity (Wildman–Crippen MR) is 139 cm³/mol. The summed E-state index contributed by atoms with van der Waals surface area (Å²) < 4.78 is 0. The van der Waals surface area contributed by atoms with Gasteiger partial charge in [0.05, 0.1) is 0 Å². The summed E-state index contributed by atoms with van der Waals surface area (Å²) in [6.07, 6.45) is 11.8. The second kappa shape index (κ2) is 11.7. The van der Waals surface area contributed by atoms with Gasteiger partial charge in [0.2, 0.25) is 0 Å². The molecule has 168 valence electrons. The number of aliphatic hydroxyl groups is 2. The summed E-state index contributed by atoms with van der Waals surface area (Å²) in [5.41, 5.74) is 1.09. The number of rotatable bonds is 6. The first-order valence-corrected chi connectivity index (χ1v) is 11.1. The standard InChI is InChI=1S/2C16H14O/c2*1-2-16(17,15-11-7-4-8-12-15)13-14-9-5-3-6-10-14/h2*1,3-12,17H,13H2/t2*16-/m10/s1. The van der Waals surface area contributed by atoms with Crippen LogP contribution in [0.3, 0.4) is 0 Å². The lowest BCUT2D eigenvalue weighted by atomic mass is 9.88. The van der Waals surface area contributed by atoms with Gasteiger partial charge in [-0.2, -0.15) is 0 Å². The Labute approximate surface area is 202 Å². The van der Waals surface area contributed by atoms with Crippen LogP contribution in [0.4, 0.5) is 0 Å². The van der Waals surface area contributed by atoms with Crippen molar-refractivity contribution in [3.8, 4) is 24.7 Å². The van der Waals surface area contributed by atoms with Gasteiger partial charge in [-0.25, -0.2) is 0 Å². The molecule has 2 atom stereocenters. The van der Waals surface area contributed by atoms with Crippen molar-refractivity contribution in [1.82, 2.24) is 0 Å². The molecule has 2 nitrogen and oxygen atoms in total. The zero-order valence-electron chi connectivity index (χ0n) is 19.0. The first-order valence-electron chi connectivity index (χ1n) is 11.1. The Morgan fingerprint density at radius 3 is 1.00 bits per heavy atom.